The summed E-state index contributed by atoms with van der Waals surface area (Å²) < 4.78 is 0.243. The number of nitro groups is 1. The molecule has 1 rings (SSSR count). The van der Waals surface area contributed by atoms with Gasteiger partial charge in [0.25, 0.3) is 11.6 Å². The maximum atomic E-state index is 12.1. The number of amides is 1. The van der Waals surface area contributed by atoms with Crippen LogP contribution in [0, 0.1) is 10.1 Å². The molecule has 7 nitrogen and oxygen atoms in total. The van der Waals surface area contributed by atoms with Crippen LogP contribution >= 0.6 is 15.9 Å². The number of aliphatic carboxylic acids is 1. The molecule has 0 saturated heterocycles. The summed E-state index contributed by atoms with van der Waals surface area (Å²) in [4.78, 5) is 34.1. The lowest BCUT2D eigenvalue weighted by molar-refractivity contribution is -0.385. The third-order valence-electron chi connectivity index (χ3n) is 2.35. The number of benzene rings is 1. The molecule has 0 atom stereocenters. The van der Waals surface area contributed by atoms with E-state index in [0.717, 1.165) is 11.0 Å². The first-order valence-corrected chi connectivity index (χ1v) is 6.22. The van der Waals surface area contributed by atoms with Crippen molar-refractivity contribution in [2.75, 3.05) is 13.1 Å². The zero-order chi connectivity index (χ0) is 15.3. The minimum Gasteiger partial charge on any atom is -0.480 e. The lowest BCUT2D eigenvalue weighted by Gasteiger charge is -2.18. The fourth-order valence-corrected chi connectivity index (χ4v) is 1.90. The Labute approximate surface area is 122 Å². The number of rotatable bonds is 6. The average Bonchev–Trinajstić information content (AvgIpc) is 2.37. The number of hydrogen-bond donors (Lipinski definition) is 1. The summed E-state index contributed by atoms with van der Waals surface area (Å²) >= 11 is 3.01. The molecule has 106 valence electrons. The summed E-state index contributed by atoms with van der Waals surface area (Å²) in [6, 6.07) is 3.86. The van der Waals surface area contributed by atoms with E-state index in [-0.39, 0.29) is 22.3 Å². The van der Waals surface area contributed by atoms with Gasteiger partial charge in [-0.15, -0.1) is 6.58 Å². The van der Waals surface area contributed by atoms with Gasteiger partial charge in [-0.2, -0.15) is 0 Å². The van der Waals surface area contributed by atoms with Crippen molar-refractivity contribution in [1.29, 1.82) is 0 Å². The van der Waals surface area contributed by atoms with Crippen molar-refractivity contribution in [2.45, 2.75) is 0 Å². The van der Waals surface area contributed by atoms with Gasteiger partial charge in [-0.1, -0.05) is 6.08 Å². The first-order valence-electron chi connectivity index (χ1n) is 5.42. The molecule has 8 heteroatoms. The zero-order valence-electron chi connectivity index (χ0n) is 10.3. The molecular weight excluding hydrogens is 332 g/mol. The normalized spacial score (nSPS) is 9.85. The van der Waals surface area contributed by atoms with Crippen LogP contribution in [0.5, 0.6) is 0 Å². The minimum absolute atomic E-state index is 0.0367. The lowest BCUT2D eigenvalue weighted by Crippen LogP contribution is -2.35. The van der Waals surface area contributed by atoms with Crippen molar-refractivity contribution in [3.8, 4) is 0 Å². The molecule has 0 saturated carbocycles. The number of nitrogens with zero attached hydrogens (tertiary/aromatic N) is 2. The van der Waals surface area contributed by atoms with Gasteiger partial charge in [0, 0.05) is 18.2 Å². The van der Waals surface area contributed by atoms with Gasteiger partial charge in [0.1, 0.15) is 6.54 Å². The van der Waals surface area contributed by atoms with Crippen molar-refractivity contribution < 1.29 is 19.6 Å². The number of carboxylic acids is 1. The van der Waals surface area contributed by atoms with Gasteiger partial charge in [-0.3, -0.25) is 19.7 Å². The number of hydrogen-bond acceptors (Lipinski definition) is 4. The van der Waals surface area contributed by atoms with Gasteiger partial charge in [0.2, 0.25) is 0 Å². The summed E-state index contributed by atoms with van der Waals surface area (Å²) in [6.07, 6.45) is 1.38. The Morgan fingerprint density at radius 1 is 1.50 bits per heavy atom. The molecule has 0 unspecified atom stereocenters. The standard InChI is InChI=1S/C12H11BrN2O5/c1-2-5-14(7-11(16)17)12(18)8-3-4-9(13)10(6-8)15(19)20/h2-4,6H,1,5,7H2,(H,16,17). The zero-order valence-corrected chi connectivity index (χ0v) is 11.9. The van der Waals surface area contributed by atoms with Gasteiger partial charge in [-0.05, 0) is 28.1 Å². The van der Waals surface area contributed by atoms with Crippen LogP contribution in [0.25, 0.3) is 0 Å². The van der Waals surface area contributed by atoms with Crippen molar-refractivity contribution >= 4 is 33.5 Å². The van der Waals surface area contributed by atoms with Crippen molar-refractivity contribution in [3.05, 3.63) is 51.0 Å². The summed E-state index contributed by atoms with van der Waals surface area (Å²) in [7, 11) is 0. The van der Waals surface area contributed by atoms with Gasteiger partial charge in [0.05, 0.1) is 9.40 Å². The maximum Gasteiger partial charge on any atom is 0.323 e. The molecule has 0 aromatic heterocycles. The SMILES string of the molecule is C=CCN(CC(=O)O)C(=O)c1ccc(Br)c([N+](=O)[O-])c1. The molecular formula is C12H11BrN2O5. The second-order valence-electron chi connectivity index (χ2n) is 3.79. The van der Waals surface area contributed by atoms with E-state index in [1.165, 1.54) is 18.2 Å². The maximum absolute atomic E-state index is 12.1. The van der Waals surface area contributed by atoms with E-state index in [2.05, 4.69) is 22.5 Å². The second kappa shape index (κ2) is 6.80. The number of carbonyl (C=O) groups excluding carboxylic acids is 1. The molecule has 1 aromatic rings. The van der Waals surface area contributed by atoms with Crippen molar-refractivity contribution in [2.24, 2.45) is 0 Å². The Hall–Kier alpha value is -2.22. The predicted octanol–water partition coefficient (Wildman–Crippen LogP) is 2.07. The second-order valence-corrected chi connectivity index (χ2v) is 4.65. The molecule has 1 aromatic carbocycles. The fraction of sp³-hybridized carbons (Fsp3) is 0.167. The summed E-state index contributed by atoms with van der Waals surface area (Å²) in [5.41, 5.74) is -0.215. The first kappa shape index (κ1) is 15.8. The molecule has 0 heterocycles. The number of nitro benzene ring substituents is 1. The third-order valence-corrected chi connectivity index (χ3v) is 3.02. The van der Waals surface area contributed by atoms with E-state index in [9.17, 15) is 19.7 Å². The number of carbonyl (C=O) groups is 2. The van der Waals surface area contributed by atoms with Gasteiger partial charge in [0.15, 0.2) is 0 Å². The van der Waals surface area contributed by atoms with Crippen LogP contribution in [-0.2, 0) is 4.79 Å². The molecule has 0 aliphatic heterocycles. The molecule has 0 bridgehead atoms. The van der Waals surface area contributed by atoms with Gasteiger partial charge in [-0.25, -0.2) is 0 Å². The summed E-state index contributed by atoms with van der Waals surface area (Å²) in [6.45, 7) is 2.97. The molecule has 0 radical (unpaired) electrons. The molecule has 20 heavy (non-hydrogen) atoms. The Morgan fingerprint density at radius 3 is 2.65 bits per heavy atom. The first-order chi connectivity index (χ1) is 9.36. The highest BCUT2D eigenvalue weighted by Crippen LogP contribution is 2.26. The van der Waals surface area contributed by atoms with E-state index in [0.29, 0.717) is 0 Å². The van der Waals surface area contributed by atoms with E-state index in [1.54, 1.807) is 0 Å². The van der Waals surface area contributed by atoms with Crippen LogP contribution in [0.4, 0.5) is 5.69 Å². The molecule has 0 aliphatic carbocycles. The Morgan fingerprint density at radius 2 is 2.15 bits per heavy atom. The van der Waals surface area contributed by atoms with Crippen molar-refractivity contribution in [1.82, 2.24) is 4.90 Å². The molecule has 1 amide bonds. The fourth-order valence-electron chi connectivity index (χ4n) is 1.51. The Balaban J connectivity index is 3.11. The van der Waals surface area contributed by atoms with E-state index >= 15 is 0 Å². The minimum atomic E-state index is -1.17. The predicted molar refractivity (Wildman–Crippen MR) is 74.5 cm³/mol. The molecule has 1 N–H and O–H groups in total. The van der Waals surface area contributed by atoms with Crippen LogP contribution < -0.4 is 0 Å². The lowest BCUT2D eigenvalue weighted by atomic mass is 10.1. The summed E-state index contributed by atoms with van der Waals surface area (Å²) in [5, 5.41) is 19.6. The van der Waals surface area contributed by atoms with E-state index in [1.807, 2.05) is 0 Å². The largest absolute Gasteiger partial charge is 0.480 e. The number of carboxylic acid groups (broad SMARTS) is 1. The number of halogens is 1. The van der Waals surface area contributed by atoms with E-state index in [4.69, 9.17) is 5.11 Å². The smallest absolute Gasteiger partial charge is 0.323 e. The Kier molecular flexibility index (Phi) is 5.39. The molecule has 0 fully saturated rings. The highest BCUT2D eigenvalue weighted by molar-refractivity contribution is 9.10. The summed E-state index contributed by atoms with van der Waals surface area (Å²) in [5.74, 6) is -1.78. The Bertz CT molecular complexity index is 573. The van der Waals surface area contributed by atoms with E-state index < -0.39 is 23.3 Å². The van der Waals surface area contributed by atoms with Crippen molar-refractivity contribution in [3.63, 3.8) is 0 Å². The van der Waals surface area contributed by atoms with Crippen LogP contribution in [0.3, 0.4) is 0 Å². The van der Waals surface area contributed by atoms with Crippen LogP contribution in [0.1, 0.15) is 10.4 Å². The van der Waals surface area contributed by atoms with Gasteiger partial charge >= 0.3 is 5.97 Å². The molecule has 0 spiro atoms. The van der Waals surface area contributed by atoms with Crippen LogP contribution in [0.2, 0.25) is 0 Å². The molecule has 0 aliphatic rings. The quantitative estimate of drug-likeness (QED) is 0.484. The van der Waals surface area contributed by atoms with Crippen LogP contribution in [0.15, 0.2) is 35.3 Å². The average molecular weight is 343 g/mol. The highest BCUT2D eigenvalue weighted by atomic mass is 79.9. The monoisotopic (exact) mass is 342 g/mol. The van der Waals surface area contributed by atoms with Crippen LogP contribution in [-0.4, -0.2) is 39.9 Å². The highest BCUT2D eigenvalue weighted by Gasteiger charge is 2.21. The third kappa shape index (κ3) is 3.89. The van der Waals surface area contributed by atoms with Gasteiger partial charge < -0.3 is 10.0 Å². The topological polar surface area (TPSA) is 101 Å².